The van der Waals surface area contributed by atoms with Crippen molar-refractivity contribution in [1.82, 2.24) is 14.7 Å². The normalized spacial score (nSPS) is 24.4. The molecule has 0 unspecified atom stereocenters. The summed E-state index contributed by atoms with van der Waals surface area (Å²) in [6, 6.07) is 0.0438. The van der Waals surface area contributed by atoms with Crippen molar-refractivity contribution in [3.05, 3.63) is 22.5 Å². The largest absolute Gasteiger partial charge is 0.338 e. The van der Waals surface area contributed by atoms with E-state index >= 15 is 0 Å². The molecule has 7 nitrogen and oxygen atoms in total. The lowest BCUT2D eigenvalue weighted by Crippen LogP contribution is -2.30. The third-order valence-corrected chi connectivity index (χ3v) is 3.32. The first-order valence-electron chi connectivity index (χ1n) is 5.66. The quantitative estimate of drug-likeness (QED) is 0.572. The molecule has 0 bridgehead atoms. The van der Waals surface area contributed by atoms with Crippen molar-refractivity contribution in [1.29, 1.82) is 0 Å². The average molecular weight is 236 g/mol. The standard InChI is InChI=1S/C10H12N4O3/c15-10-9(3-4-12(10)7-1-2-7)13-6-8(5-11-13)14(16)17/h5-7,9H,1-4H2/t9-/m1/s1. The Bertz CT molecular complexity index is 480. The summed E-state index contributed by atoms with van der Waals surface area (Å²) in [4.78, 5) is 24.0. The molecule has 17 heavy (non-hydrogen) atoms. The van der Waals surface area contributed by atoms with Crippen molar-refractivity contribution in [3.8, 4) is 0 Å². The molecule has 0 N–H and O–H groups in total. The second-order valence-electron chi connectivity index (χ2n) is 4.50. The Morgan fingerprint density at radius 3 is 2.76 bits per heavy atom. The predicted octanol–water partition coefficient (Wildman–Crippen LogP) is 0.727. The minimum atomic E-state index is -0.498. The second-order valence-corrected chi connectivity index (χ2v) is 4.50. The van der Waals surface area contributed by atoms with Gasteiger partial charge in [0.25, 0.3) is 0 Å². The van der Waals surface area contributed by atoms with Gasteiger partial charge in [-0.3, -0.25) is 19.6 Å². The topological polar surface area (TPSA) is 81.3 Å². The Morgan fingerprint density at radius 2 is 2.18 bits per heavy atom. The van der Waals surface area contributed by atoms with Gasteiger partial charge in [0.1, 0.15) is 18.4 Å². The Balaban J connectivity index is 1.79. The highest BCUT2D eigenvalue weighted by Gasteiger charge is 2.41. The minimum Gasteiger partial charge on any atom is -0.338 e. The SMILES string of the molecule is O=C1[C@H](n2cc([N+](=O)[O-])cn2)CCN1C1CC1. The van der Waals surface area contributed by atoms with Crippen molar-refractivity contribution in [2.24, 2.45) is 0 Å². The third-order valence-electron chi connectivity index (χ3n) is 3.32. The van der Waals surface area contributed by atoms with Crippen LogP contribution in [0.5, 0.6) is 0 Å². The molecule has 1 atom stereocenters. The fourth-order valence-corrected chi connectivity index (χ4v) is 2.27. The summed E-state index contributed by atoms with van der Waals surface area (Å²) < 4.78 is 1.42. The molecule has 0 aromatic carbocycles. The fraction of sp³-hybridized carbons (Fsp3) is 0.600. The van der Waals surface area contributed by atoms with Gasteiger partial charge in [0.05, 0.1) is 4.92 Å². The van der Waals surface area contributed by atoms with E-state index < -0.39 is 4.92 Å². The first-order chi connectivity index (χ1) is 8.16. The Kier molecular flexibility index (Phi) is 2.13. The van der Waals surface area contributed by atoms with Gasteiger partial charge >= 0.3 is 5.69 Å². The molecule has 90 valence electrons. The van der Waals surface area contributed by atoms with Crippen LogP contribution in [-0.2, 0) is 4.79 Å². The van der Waals surface area contributed by atoms with E-state index in [0.717, 1.165) is 19.4 Å². The summed E-state index contributed by atoms with van der Waals surface area (Å²) >= 11 is 0. The van der Waals surface area contributed by atoms with Crippen LogP contribution in [0.25, 0.3) is 0 Å². The molecule has 0 radical (unpaired) electrons. The molecule has 0 spiro atoms. The molecule has 1 saturated heterocycles. The van der Waals surface area contributed by atoms with E-state index in [1.165, 1.54) is 17.1 Å². The van der Waals surface area contributed by atoms with Crippen molar-refractivity contribution in [2.45, 2.75) is 31.3 Å². The first kappa shape index (κ1) is 10.2. The molecule has 1 aromatic heterocycles. The lowest BCUT2D eigenvalue weighted by atomic mass is 10.2. The van der Waals surface area contributed by atoms with Gasteiger partial charge < -0.3 is 4.90 Å². The molecule has 2 heterocycles. The smallest absolute Gasteiger partial charge is 0.307 e. The highest BCUT2D eigenvalue weighted by Crippen LogP contribution is 2.34. The van der Waals surface area contributed by atoms with Crippen molar-refractivity contribution in [2.75, 3.05) is 6.54 Å². The molecule has 2 aliphatic rings. The zero-order valence-corrected chi connectivity index (χ0v) is 9.15. The lowest BCUT2D eigenvalue weighted by molar-refractivity contribution is -0.385. The summed E-state index contributed by atoms with van der Waals surface area (Å²) in [6.45, 7) is 0.738. The van der Waals surface area contributed by atoms with Crippen LogP contribution in [-0.4, -0.2) is 38.1 Å². The number of carbonyl (C=O) groups excluding carboxylic acids is 1. The summed E-state index contributed by atoms with van der Waals surface area (Å²) in [5.41, 5.74) is -0.0670. The van der Waals surface area contributed by atoms with Crippen LogP contribution in [0, 0.1) is 10.1 Å². The lowest BCUT2D eigenvalue weighted by Gasteiger charge is -2.15. The molecule has 7 heteroatoms. The van der Waals surface area contributed by atoms with Gasteiger partial charge in [-0.05, 0) is 19.3 Å². The van der Waals surface area contributed by atoms with Crippen molar-refractivity contribution in [3.63, 3.8) is 0 Å². The van der Waals surface area contributed by atoms with Crippen LogP contribution in [0.15, 0.2) is 12.4 Å². The van der Waals surface area contributed by atoms with Gasteiger partial charge in [-0.25, -0.2) is 0 Å². The zero-order chi connectivity index (χ0) is 12.0. The summed E-state index contributed by atoms with van der Waals surface area (Å²) in [7, 11) is 0. The molecule has 1 aliphatic carbocycles. The Morgan fingerprint density at radius 1 is 1.41 bits per heavy atom. The van der Waals surface area contributed by atoms with E-state index in [9.17, 15) is 14.9 Å². The fourth-order valence-electron chi connectivity index (χ4n) is 2.27. The molecular weight excluding hydrogens is 224 g/mol. The van der Waals surface area contributed by atoms with Crippen LogP contribution >= 0.6 is 0 Å². The Labute approximate surface area is 97.2 Å². The number of carbonyl (C=O) groups is 1. The number of hydrogen-bond donors (Lipinski definition) is 0. The van der Waals surface area contributed by atoms with Crippen LogP contribution in [0.2, 0.25) is 0 Å². The van der Waals surface area contributed by atoms with Crippen LogP contribution < -0.4 is 0 Å². The van der Waals surface area contributed by atoms with Crippen molar-refractivity contribution >= 4 is 11.6 Å². The number of likely N-dealkylation sites (tertiary alicyclic amines) is 1. The maximum absolute atomic E-state index is 12.1. The Hall–Kier alpha value is -1.92. The summed E-state index contributed by atoms with van der Waals surface area (Å²) in [5, 5.41) is 14.5. The number of aromatic nitrogens is 2. The van der Waals surface area contributed by atoms with Crippen LogP contribution in [0.4, 0.5) is 5.69 Å². The highest BCUT2D eigenvalue weighted by molar-refractivity contribution is 5.83. The second kappa shape index (κ2) is 3.54. The average Bonchev–Trinajstić information content (AvgIpc) is 2.88. The van der Waals surface area contributed by atoms with Gasteiger partial charge in [0, 0.05) is 12.6 Å². The number of amides is 1. The summed E-state index contributed by atoms with van der Waals surface area (Å²) in [5.74, 6) is 0.0468. The predicted molar refractivity (Wildman–Crippen MR) is 57.3 cm³/mol. The van der Waals surface area contributed by atoms with E-state index in [4.69, 9.17) is 0 Å². The van der Waals surface area contributed by atoms with E-state index in [0.29, 0.717) is 12.5 Å². The van der Waals surface area contributed by atoms with Gasteiger partial charge in [0.15, 0.2) is 0 Å². The maximum atomic E-state index is 12.1. The molecule has 2 fully saturated rings. The van der Waals surface area contributed by atoms with Gasteiger partial charge in [-0.15, -0.1) is 0 Å². The van der Waals surface area contributed by atoms with Crippen LogP contribution in [0.1, 0.15) is 25.3 Å². The number of hydrogen-bond acceptors (Lipinski definition) is 4. The first-order valence-corrected chi connectivity index (χ1v) is 5.66. The number of rotatable bonds is 3. The monoisotopic (exact) mass is 236 g/mol. The summed E-state index contributed by atoms with van der Waals surface area (Å²) in [6.07, 6.45) is 5.37. The van der Waals surface area contributed by atoms with Gasteiger partial charge in [0.2, 0.25) is 5.91 Å². The van der Waals surface area contributed by atoms with E-state index in [1.807, 2.05) is 4.90 Å². The van der Waals surface area contributed by atoms with E-state index in [-0.39, 0.29) is 17.6 Å². The van der Waals surface area contributed by atoms with Gasteiger partial charge in [-0.2, -0.15) is 5.10 Å². The van der Waals surface area contributed by atoms with E-state index in [2.05, 4.69) is 5.10 Å². The molecular formula is C10H12N4O3. The molecule has 1 aliphatic heterocycles. The molecule has 1 amide bonds. The minimum absolute atomic E-state index is 0.0468. The van der Waals surface area contributed by atoms with Crippen molar-refractivity contribution < 1.29 is 9.72 Å². The molecule has 1 aromatic rings. The zero-order valence-electron chi connectivity index (χ0n) is 9.15. The molecule has 1 saturated carbocycles. The maximum Gasteiger partial charge on any atom is 0.307 e. The van der Waals surface area contributed by atoms with Crippen LogP contribution in [0.3, 0.4) is 0 Å². The third kappa shape index (κ3) is 1.67. The molecule has 3 rings (SSSR count). The number of nitro groups is 1. The highest BCUT2D eigenvalue weighted by atomic mass is 16.6. The van der Waals surface area contributed by atoms with E-state index in [1.54, 1.807) is 0 Å². The number of nitrogens with zero attached hydrogens (tertiary/aromatic N) is 4. The van der Waals surface area contributed by atoms with Gasteiger partial charge in [-0.1, -0.05) is 0 Å².